The van der Waals surface area contributed by atoms with Crippen molar-refractivity contribution in [2.24, 2.45) is 0 Å². The number of halogens is 1. The Morgan fingerprint density at radius 2 is 1.84 bits per heavy atom. The number of nitrogens with one attached hydrogen (secondary N) is 1. The van der Waals surface area contributed by atoms with Gasteiger partial charge < -0.3 is 4.90 Å². The lowest BCUT2D eigenvalue weighted by Gasteiger charge is -2.33. The van der Waals surface area contributed by atoms with Gasteiger partial charge in [0.15, 0.2) is 5.82 Å². The average Bonchev–Trinajstić information content (AvgIpc) is 3.25. The minimum Gasteiger partial charge on any atom is -0.368 e. The molecule has 1 fully saturated rings. The van der Waals surface area contributed by atoms with Gasteiger partial charge in [-0.05, 0) is 29.8 Å². The molecule has 0 amide bonds. The molecule has 0 aliphatic carbocycles. The Kier molecular flexibility index (Phi) is 3.09. The number of imidazole rings is 1. The van der Waals surface area contributed by atoms with E-state index in [2.05, 4.69) is 21.6 Å². The van der Waals surface area contributed by atoms with E-state index in [9.17, 15) is 0 Å². The summed E-state index contributed by atoms with van der Waals surface area (Å²) >= 11 is 0. The zero-order chi connectivity index (χ0) is 16.8. The van der Waals surface area contributed by atoms with Gasteiger partial charge in [0.25, 0.3) is 0 Å². The second kappa shape index (κ2) is 5.44. The fraction of sp³-hybridized carbons (Fsp3) is 0.105. The standard InChI is InChI=1S/C19H15FN5/c20-18-17(24-8-1-9-24)7-6-16-19(18)25(12-21-16)15-4-2-13(3-5-15)14-10-22-23-11-14/h1-7,10-12H,8-9H2,(H,22,23). The molecule has 1 radical (unpaired) electrons. The van der Waals surface area contributed by atoms with Crippen molar-refractivity contribution < 1.29 is 4.39 Å². The topological polar surface area (TPSA) is 49.7 Å². The van der Waals surface area contributed by atoms with Crippen LogP contribution >= 0.6 is 0 Å². The van der Waals surface area contributed by atoms with Gasteiger partial charge in [-0.15, -0.1) is 0 Å². The van der Waals surface area contributed by atoms with Crippen LogP contribution in [0.4, 0.5) is 10.1 Å². The Balaban J connectivity index is 1.60. The molecule has 0 spiro atoms. The van der Waals surface area contributed by atoms with Gasteiger partial charge in [0.05, 0.1) is 17.4 Å². The highest BCUT2D eigenvalue weighted by Gasteiger charge is 2.22. The number of anilines is 1. The second-order valence-electron chi connectivity index (χ2n) is 6.11. The summed E-state index contributed by atoms with van der Waals surface area (Å²) in [6, 6.07) is 11.6. The molecule has 25 heavy (non-hydrogen) atoms. The molecule has 2 aromatic carbocycles. The molecule has 5 nitrogen and oxygen atoms in total. The molecule has 1 aliphatic heterocycles. The molecule has 123 valence electrons. The van der Waals surface area contributed by atoms with Crippen LogP contribution in [-0.2, 0) is 0 Å². The van der Waals surface area contributed by atoms with Crippen LogP contribution in [0, 0.1) is 12.2 Å². The molecular formula is C19H15FN5. The predicted octanol–water partition coefficient (Wildman–Crippen LogP) is 3.58. The number of nitrogens with zero attached hydrogens (tertiary/aromatic N) is 4. The van der Waals surface area contributed by atoms with Crippen LogP contribution in [0.2, 0.25) is 0 Å². The first kappa shape index (κ1) is 14.2. The van der Waals surface area contributed by atoms with Crippen molar-refractivity contribution in [1.82, 2.24) is 19.7 Å². The summed E-state index contributed by atoms with van der Waals surface area (Å²) in [5, 5.41) is 6.77. The first-order valence-electron chi connectivity index (χ1n) is 8.13. The summed E-state index contributed by atoms with van der Waals surface area (Å²) in [5.74, 6) is -0.220. The molecule has 1 saturated heterocycles. The fourth-order valence-corrected chi connectivity index (χ4v) is 3.17. The Bertz CT molecular complexity index is 1030. The molecule has 0 unspecified atom stereocenters. The van der Waals surface area contributed by atoms with Gasteiger partial charge in [0.2, 0.25) is 0 Å². The van der Waals surface area contributed by atoms with Gasteiger partial charge in [-0.25, -0.2) is 9.37 Å². The zero-order valence-corrected chi connectivity index (χ0v) is 13.4. The van der Waals surface area contributed by atoms with Crippen LogP contribution in [0.5, 0.6) is 0 Å². The Hall–Kier alpha value is -3.15. The highest BCUT2D eigenvalue weighted by molar-refractivity contribution is 5.83. The number of H-pyrrole nitrogens is 1. The van der Waals surface area contributed by atoms with Gasteiger partial charge >= 0.3 is 0 Å². The molecule has 2 aromatic heterocycles. The van der Waals surface area contributed by atoms with Crippen molar-refractivity contribution in [3.05, 3.63) is 67.4 Å². The molecule has 1 aliphatic rings. The van der Waals surface area contributed by atoms with E-state index >= 15 is 4.39 Å². The maximum atomic E-state index is 15.1. The van der Waals surface area contributed by atoms with E-state index in [1.807, 2.05) is 47.5 Å². The highest BCUT2D eigenvalue weighted by Crippen LogP contribution is 2.31. The van der Waals surface area contributed by atoms with Crippen molar-refractivity contribution in [3.63, 3.8) is 0 Å². The van der Waals surface area contributed by atoms with E-state index in [0.717, 1.165) is 29.9 Å². The van der Waals surface area contributed by atoms with Gasteiger partial charge in [-0.2, -0.15) is 5.10 Å². The van der Waals surface area contributed by atoms with E-state index in [4.69, 9.17) is 0 Å². The number of rotatable bonds is 3. The minimum atomic E-state index is -0.220. The maximum Gasteiger partial charge on any atom is 0.172 e. The van der Waals surface area contributed by atoms with E-state index in [0.29, 0.717) is 16.7 Å². The molecule has 5 rings (SSSR count). The number of aromatic nitrogens is 4. The third-order valence-electron chi connectivity index (χ3n) is 4.64. The quantitative estimate of drug-likeness (QED) is 0.624. The van der Waals surface area contributed by atoms with Crippen LogP contribution in [0.25, 0.3) is 27.8 Å². The van der Waals surface area contributed by atoms with Crippen LogP contribution < -0.4 is 4.90 Å². The lowest BCUT2D eigenvalue weighted by molar-refractivity contribution is 0.618. The third-order valence-corrected chi connectivity index (χ3v) is 4.64. The average molecular weight is 332 g/mol. The van der Waals surface area contributed by atoms with E-state index < -0.39 is 0 Å². The summed E-state index contributed by atoms with van der Waals surface area (Å²) in [6.45, 7) is 1.58. The third kappa shape index (κ3) is 2.21. The van der Waals surface area contributed by atoms with Crippen molar-refractivity contribution in [3.8, 4) is 16.8 Å². The van der Waals surface area contributed by atoms with E-state index in [1.165, 1.54) is 0 Å². The van der Waals surface area contributed by atoms with E-state index in [-0.39, 0.29) is 5.82 Å². The highest BCUT2D eigenvalue weighted by atomic mass is 19.1. The van der Waals surface area contributed by atoms with Gasteiger partial charge in [-0.3, -0.25) is 9.67 Å². The smallest absolute Gasteiger partial charge is 0.172 e. The zero-order valence-electron chi connectivity index (χ0n) is 13.4. The minimum absolute atomic E-state index is 0.220. The Morgan fingerprint density at radius 3 is 2.52 bits per heavy atom. The molecule has 0 saturated carbocycles. The normalized spacial score (nSPS) is 14.0. The first-order chi connectivity index (χ1) is 12.3. The number of hydrogen-bond donors (Lipinski definition) is 1. The Labute approximate surface area is 143 Å². The van der Waals surface area contributed by atoms with Crippen LogP contribution in [0.1, 0.15) is 0 Å². The van der Waals surface area contributed by atoms with Crippen molar-refractivity contribution in [2.75, 3.05) is 18.0 Å². The lowest BCUT2D eigenvalue weighted by atomic mass is 10.1. The van der Waals surface area contributed by atoms with Gasteiger partial charge in [-0.1, -0.05) is 12.1 Å². The largest absolute Gasteiger partial charge is 0.368 e. The Morgan fingerprint density at radius 1 is 1.00 bits per heavy atom. The van der Waals surface area contributed by atoms with Gasteiger partial charge in [0, 0.05) is 37.0 Å². The maximum absolute atomic E-state index is 15.1. The molecular weight excluding hydrogens is 317 g/mol. The fourth-order valence-electron chi connectivity index (χ4n) is 3.17. The summed E-state index contributed by atoms with van der Waals surface area (Å²) < 4.78 is 16.9. The number of aromatic amines is 1. The molecule has 0 bridgehead atoms. The monoisotopic (exact) mass is 332 g/mol. The molecule has 0 atom stereocenters. The van der Waals surface area contributed by atoms with Crippen LogP contribution in [0.15, 0.2) is 55.1 Å². The molecule has 3 heterocycles. The first-order valence-corrected chi connectivity index (χ1v) is 8.13. The van der Waals surface area contributed by atoms with E-state index in [1.54, 1.807) is 17.1 Å². The second-order valence-corrected chi connectivity index (χ2v) is 6.11. The van der Waals surface area contributed by atoms with Gasteiger partial charge in [0.1, 0.15) is 11.8 Å². The number of benzene rings is 2. The lowest BCUT2D eigenvalue weighted by Crippen LogP contribution is -2.38. The predicted molar refractivity (Wildman–Crippen MR) is 95.1 cm³/mol. The number of fused-ring (bicyclic) bond motifs is 1. The SMILES string of the molecule is Fc1c(N2C[CH]C2)ccc2ncn(-c3ccc(-c4cn[nH]c4)cc3)c12. The van der Waals surface area contributed by atoms with Crippen LogP contribution in [-0.4, -0.2) is 32.8 Å². The van der Waals surface area contributed by atoms with Crippen LogP contribution in [0.3, 0.4) is 0 Å². The van der Waals surface area contributed by atoms with Crippen molar-refractivity contribution >= 4 is 16.7 Å². The summed E-state index contributed by atoms with van der Waals surface area (Å²) in [4.78, 5) is 6.36. The summed E-state index contributed by atoms with van der Waals surface area (Å²) in [6.07, 6.45) is 7.41. The van der Waals surface area contributed by atoms with Crippen molar-refractivity contribution in [1.29, 1.82) is 0 Å². The summed E-state index contributed by atoms with van der Waals surface area (Å²) in [7, 11) is 0. The molecule has 4 aromatic rings. The molecule has 1 N–H and O–H groups in total. The summed E-state index contributed by atoms with van der Waals surface area (Å²) in [5.41, 5.74) is 4.75. The number of hydrogen-bond acceptors (Lipinski definition) is 3. The van der Waals surface area contributed by atoms with Crippen molar-refractivity contribution in [2.45, 2.75) is 0 Å². The molecule has 6 heteroatoms.